The monoisotopic (exact) mass is 419 g/mol. The maximum absolute atomic E-state index is 14.1. The third-order valence-corrected chi connectivity index (χ3v) is 7.12. The van der Waals surface area contributed by atoms with Crippen molar-refractivity contribution in [1.29, 1.82) is 0 Å². The fourth-order valence-corrected chi connectivity index (χ4v) is 5.65. The molecule has 6 heteroatoms. The number of benzene rings is 2. The summed E-state index contributed by atoms with van der Waals surface area (Å²) >= 11 is 9.66. The molecule has 140 valence electrons. The first kappa shape index (κ1) is 19.0. The topological polar surface area (TPSA) is 12.5 Å². The predicted octanol–water partition coefficient (Wildman–Crippen LogP) is 6.42. The van der Waals surface area contributed by atoms with Crippen LogP contribution in [0.2, 0.25) is 5.02 Å². The Bertz CT molecular complexity index is 986. The van der Waals surface area contributed by atoms with Gasteiger partial charge in [0.05, 0.1) is 18.2 Å². The van der Waals surface area contributed by atoms with Crippen molar-refractivity contribution < 1.29 is 9.13 Å². The highest BCUT2D eigenvalue weighted by Crippen LogP contribution is 2.53. The Labute approximate surface area is 171 Å². The highest BCUT2D eigenvalue weighted by molar-refractivity contribution is 7.99. The molecule has 0 aliphatic carbocycles. The van der Waals surface area contributed by atoms with Gasteiger partial charge in [0.25, 0.3) is 0 Å². The third kappa shape index (κ3) is 3.93. The summed E-state index contributed by atoms with van der Waals surface area (Å²) in [5, 5.41) is 0.454. The van der Waals surface area contributed by atoms with Gasteiger partial charge in [-0.25, -0.2) is 4.39 Å². The molecule has 2 nitrogen and oxygen atoms in total. The second kappa shape index (κ2) is 7.94. The molecule has 2 aromatic carbocycles. The molecule has 2 heterocycles. The Balaban J connectivity index is 1.77. The number of likely N-dealkylation sites (N-methyl/N-ethyl adjacent to an activating group) is 1. The summed E-state index contributed by atoms with van der Waals surface area (Å²) in [7, 11) is 4.06. The van der Waals surface area contributed by atoms with E-state index in [9.17, 15) is 4.39 Å². The van der Waals surface area contributed by atoms with E-state index in [0.29, 0.717) is 18.2 Å². The van der Waals surface area contributed by atoms with Crippen LogP contribution in [0.15, 0.2) is 52.3 Å². The van der Waals surface area contributed by atoms with Crippen molar-refractivity contribution >= 4 is 34.7 Å². The van der Waals surface area contributed by atoms with E-state index in [1.807, 2.05) is 26.2 Å². The minimum absolute atomic E-state index is 0.312. The van der Waals surface area contributed by atoms with Crippen molar-refractivity contribution in [1.82, 2.24) is 4.90 Å². The zero-order valence-electron chi connectivity index (χ0n) is 15.1. The average Bonchev–Trinajstić information content (AvgIpc) is 3.00. The summed E-state index contributed by atoms with van der Waals surface area (Å²) in [4.78, 5) is 6.31. The minimum Gasteiger partial charge on any atom is -0.375 e. The summed E-state index contributed by atoms with van der Waals surface area (Å²) in [6, 6.07) is 13.4. The smallest absolute Gasteiger partial charge is 0.125 e. The zero-order valence-corrected chi connectivity index (χ0v) is 17.5. The lowest BCUT2D eigenvalue weighted by Crippen LogP contribution is -2.17. The van der Waals surface area contributed by atoms with E-state index in [-0.39, 0.29) is 5.82 Å². The molecule has 1 aromatic heterocycles. The van der Waals surface area contributed by atoms with Gasteiger partial charge in [-0.05, 0) is 43.9 Å². The van der Waals surface area contributed by atoms with Crippen LogP contribution in [0.3, 0.4) is 0 Å². The molecule has 0 atom stereocenters. The molecule has 3 aromatic rings. The van der Waals surface area contributed by atoms with Gasteiger partial charge in [-0.15, -0.1) is 11.3 Å². The van der Waals surface area contributed by atoms with E-state index < -0.39 is 0 Å². The van der Waals surface area contributed by atoms with Crippen LogP contribution in [0.25, 0.3) is 21.6 Å². The Hall–Kier alpha value is -1.37. The van der Waals surface area contributed by atoms with Crippen molar-refractivity contribution in [2.24, 2.45) is 0 Å². The van der Waals surface area contributed by atoms with Crippen LogP contribution in [0.4, 0.5) is 4.39 Å². The molecule has 1 aliphatic heterocycles. The number of hydrogen-bond donors (Lipinski definition) is 0. The molecule has 0 spiro atoms. The van der Waals surface area contributed by atoms with Crippen LogP contribution in [-0.2, 0) is 11.3 Å². The Morgan fingerprint density at radius 1 is 1.07 bits per heavy atom. The Kier molecular flexibility index (Phi) is 5.58. The maximum atomic E-state index is 14.1. The van der Waals surface area contributed by atoms with Crippen LogP contribution >= 0.6 is 34.7 Å². The highest BCUT2D eigenvalue weighted by atomic mass is 35.5. The number of nitrogens with zero attached hydrogens (tertiary/aromatic N) is 1. The summed E-state index contributed by atoms with van der Waals surface area (Å²) in [5.74, 6) is -0.312. The van der Waals surface area contributed by atoms with Gasteiger partial charge >= 0.3 is 0 Å². The third-order valence-electron chi connectivity index (χ3n) is 4.35. The largest absolute Gasteiger partial charge is 0.375 e. The van der Waals surface area contributed by atoms with Crippen LogP contribution in [-0.4, -0.2) is 32.1 Å². The van der Waals surface area contributed by atoms with Gasteiger partial charge < -0.3 is 9.64 Å². The number of hydrogen-bond acceptors (Lipinski definition) is 4. The van der Waals surface area contributed by atoms with E-state index in [2.05, 4.69) is 23.1 Å². The number of rotatable bonds is 5. The molecular weight excluding hydrogens is 401 g/mol. The lowest BCUT2D eigenvalue weighted by molar-refractivity contribution is 0.107. The van der Waals surface area contributed by atoms with Crippen molar-refractivity contribution in [3.63, 3.8) is 0 Å². The van der Waals surface area contributed by atoms with Crippen LogP contribution in [0.5, 0.6) is 0 Å². The average molecular weight is 420 g/mol. The summed E-state index contributed by atoms with van der Waals surface area (Å²) in [5.41, 5.74) is 3.14. The summed E-state index contributed by atoms with van der Waals surface area (Å²) in [6.07, 6.45) is 0. The summed E-state index contributed by atoms with van der Waals surface area (Å²) < 4.78 is 19.9. The van der Waals surface area contributed by atoms with Crippen LogP contribution < -0.4 is 0 Å². The molecule has 0 radical (unpaired) electrons. The van der Waals surface area contributed by atoms with E-state index in [1.54, 1.807) is 29.2 Å². The van der Waals surface area contributed by atoms with Crippen LogP contribution in [0, 0.1) is 5.82 Å². The number of fused-ring (bicyclic) bond motifs is 5. The first-order valence-electron chi connectivity index (χ1n) is 8.65. The maximum Gasteiger partial charge on any atom is 0.125 e. The molecule has 0 saturated carbocycles. The first-order valence-corrected chi connectivity index (χ1v) is 10.7. The fraction of sp³-hybridized carbons (Fsp3) is 0.238. The Morgan fingerprint density at radius 2 is 1.89 bits per heavy atom. The normalized spacial score (nSPS) is 12.5. The second-order valence-electron chi connectivity index (χ2n) is 6.67. The second-order valence-corrected chi connectivity index (χ2v) is 9.27. The van der Waals surface area contributed by atoms with Gasteiger partial charge in [0.2, 0.25) is 0 Å². The molecule has 0 amide bonds. The Morgan fingerprint density at radius 3 is 2.70 bits per heavy atom. The van der Waals surface area contributed by atoms with Gasteiger partial charge in [-0.1, -0.05) is 41.6 Å². The van der Waals surface area contributed by atoms with Gasteiger partial charge in [-0.2, -0.15) is 0 Å². The van der Waals surface area contributed by atoms with E-state index in [4.69, 9.17) is 16.3 Å². The van der Waals surface area contributed by atoms with Crippen molar-refractivity contribution in [3.8, 4) is 21.6 Å². The molecule has 0 unspecified atom stereocenters. The van der Waals surface area contributed by atoms with Gasteiger partial charge in [0.1, 0.15) is 5.82 Å². The van der Waals surface area contributed by atoms with Gasteiger partial charge in [0.15, 0.2) is 0 Å². The summed E-state index contributed by atoms with van der Waals surface area (Å²) in [6.45, 7) is 2.12. The quantitative estimate of drug-likeness (QED) is 0.346. The standard InChI is InChI=1S/C21H19ClFNOS2/c1-24(2)7-8-25-12-14-11-16-15-5-3-4-6-19(15)27-21-17(20(16)26-14)9-13(23)10-18(21)22/h3-6,9-11H,7-8,12H2,1-2H3. The van der Waals surface area contributed by atoms with E-state index >= 15 is 0 Å². The molecule has 0 bridgehead atoms. The van der Waals surface area contributed by atoms with E-state index in [1.165, 1.54) is 6.07 Å². The lowest BCUT2D eigenvalue weighted by Gasteiger charge is -2.09. The van der Waals surface area contributed by atoms with Crippen molar-refractivity contribution in [2.75, 3.05) is 27.2 Å². The molecule has 4 rings (SSSR count). The molecule has 0 saturated heterocycles. The zero-order chi connectivity index (χ0) is 19.0. The molecule has 0 N–H and O–H groups in total. The molecule has 27 heavy (non-hydrogen) atoms. The van der Waals surface area contributed by atoms with Crippen LogP contribution in [0.1, 0.15) is 4.88 Å². The van der Waals surface area contributed by atoms with Crippen molar-refractivity contribution in [3.05, 3.63) is 58.2 Å². The number of thiophene rings is 1. The van der Waals surface area contributed by atoms with Gasteiger partial charge in [0, 0.05) is 37.2 Å². The molecular formula is C21H19ClFNOS2. The number of ether oxygens (including phenoxy) is 1. The lowest BCUT2D eigenvalue weighted by atomic mass is 10.0. The molecule has 1 aliphatic rings. The fourth-order valence-electron chi connectivity index (χ4n) is 3.05. The predicted molar refractivity (Wildman–Crippen MR) is 112 cm³/mol. The highest BCUT2D eigenvalue weighted by Gasteiger charge is 2.25. The van der Waals surface area contributed by atoms with Gasteiger partial charge in [-0.3, -0.25) is 0 Å². The van der Waals surface area contributed by atoms with Crippen molar-refractivity contribution in [2.45, 2.75) is 16.4 Å². The SMILES string of the molecule is CN(C)CCOCc1cc2c(s1)-c1cc(F)cc(Cl)c1Sc1ccccc1-2. The minimum atomic E-state index is -0.312. The number of halogens is 2. The first-order chi connectivity index (χ1) is 13.0. The van der Waals surface area contributed by atoms with E-state index in [0.717, 1.165) is 42.8 Å². The molecule has 0 fully saturated rings.